The molecule has 0 aliphatic heterocycles. The van der Waals surface area contributed by atoms with Gasteiger partial charge in [-0.3, -0.25) is 0 Å². The fraction of sp³-hybridized carbons (Fsp3) is 0.562. The topological polar surface area (TPSA) is 26.3 Å². The zero-order valence-electron chi connectivity index (χ0n) is 12.3. The SMILES string of the molecule is CC.CCCCc1ccc(C(=O)OC(C)C)cc1. The van der Waals surface area contributed by atoms with Crippen molar-refractivity contribution in [2.24, 2.45) is 0 Å². The second-order valence-electron chi connectivity index (χ2n) is 4.25. The van der Waals surface area contributed by atoms with E-state index in [1.165, 1.54) is 18.4 Å². The van der Waals surface area contributed by atoms with Crippen LogP contribution in [0.4, 0.5) is 0 Å². The molecule has 0 saturated carbocycles. The van der Waals surface area contributed by atoms with Crippen LogP contribution in [0.1, 0.15) is 63.4 Å². The first-order valence-electron chi connectivity index (χ1n) is 6.93. The number of aryl methyl sites for hydroxylation is 1. The summed E-state index contributed by atoms with van der Waals surface area (Å²) >= 11 is 0. The average molecular weight is 250 g/mol. The van der Waals surface area contributed by atoms with Gasteiger partial charge in [-0.2, -0.15) is 0 Å². The molecular weight excluding hydrogens is 224 g/mol. The summed E-state index contributed by atoms with van der Waals surface area (Å²) < 4.78 is 5.12. The lowest BCUT2D eigenvalue weighted by Crippen LogP contribution is -2.11. The van der Waals surface area contributed by atoms with Crippen molar-refractivity contribution >= 4 is 5.97 Å². The van der Waals surface area contributed by atoms with Crippen LogP contribution in [-0.2, 0) is 11.2 Å². The van der Waals surface area contributed by atoms with Crippen LogP contribution < -0.4 is 0 Å². The molecule has 0 atom stereocenters. The van der Waals surface area contributed by atoms with Crippen molar-refractivity contribution in [2.75, 3.05) is 0 Å². The Morgan fingerprint density at radius 3 is 2.17 bits per heavy atom. The lowest BCUT2D eigenvalue weighted by atomic mass is 10.1. The zero-order chi connectivity index (χ0) is 14.0. The Hall–Kier alpha value is -1.31. The molecule has 0 saturated heterocycles. The molecule has 0 fully saturated rings. The summed E-state index contributed by atoms with van der Waals surface area (Å²) in [5.74, 6) is -0.239. The van der Waals surface area contributed by atoms with Crippen molar-refractivity contribution in [2.45, 2.75) is 60.0 Å². The van der Waals surface area contributed by atoms with Gasteiger partial charge in [0.05, 0.1) is 11.7 Å². The highest BCUT2D eigenvalue weighted by Crippen LogP contribution is 2.09. The third-order valence-electron chi connectivity index (χ3n) is 2.35. The smallest absolute Gasteiger partial charge is 0.338 e. The highest BCUT2D eigenvalue weighted by Gasteiger charge is 2.08. The molecule has 0 amide bonds. The predicted molar refractivity (Wildman–Crippen MR) is 77.0 cm³/mol. The van der Waals surface area contributed by atoms with E-state index in [9.17, 15) is 4.79 Å². The molecule has 1 aromatic carbocycles. The maximum absolute atomic E-state index is 11.6. The summed E-state index contributed by atoms with van der Waals surface area (Å²) in [5.41, 5.74) is 1.91. The van der Waals surface area contributed by atoms with Gasteiger partial charge in [0, 0.05) is 0 Å². The maximum Gasteiger partial charge on any atom is 0.338 e. The Labute approximate surface area is 111 Å². The number of benzene rings is 1. The first kappa shape index (κ1) is 16.7. The van der Waals surface area contributed by atoms with Gasteiger partial charge < -0.3 is 4.74 Å². The Morgan fingerprint density at radius 1 is 1.17 bits per heavy atom. The number of ether oxygens (including phenoxy) is 1. The molecule has 2 heteroatoms. The second kappa shape index (κ2) is 9.69. The fourth-order valence-corrected chi connectivity index (χ4v) is 1.47. The second-order valence-corrected chi connectivity index (χ2v) is 4.25. The molecule has 1 aromatic rings. The third-order valence-corrected chi connectivity index (χ3v) is 2.35. The summed E-state index contributed by atoms with van der Waals surface area (Å²) in [5, 5.41) is 0. The highest BCUT2D eigenvalue weighted by atomic mass is 16.5. The van der Waals surface area contributed by atoms with Crippen molar-refractivity contribution in [3.63, 3.8) is 0 Å². The summed E-state index contributed by atoms with van der Waals surface area (Å²) in [4.78, 5) is 11.6. The van der Waals surface area contributed by atoms with Crippen molar-refractivity contribution < 1.29 is 9.53 Å². The molecule has 0 spiro atoms. The minimum Gasteiger partial charge on any atom is -0.459 e. The molecule has 0 unspecified atom stereocenters. The van der Waals surface area contributed by atoms with Crippen LogP contribution >= 0.6 is 0 Å². The Morgan fingerprint density at radius 2 is 1.72 bits per heavy atom. The first-order chi connectivity index (χ1) is 8.63. The van der Waals surface area contributed by atoms with Gasteiger partial charge in [0.15, 0.2) is 0 Å². The number of rotatable bonds is 5. The molecule has 18 heavy (non-hydrogen) atoms. The average Bonchev–Trinajstić information content (AvgIpc) is 2.38. The van der Waals surface area contributed by atoms with E-state index in [1.807, 2.05) is 52.0 Å². The monoisotopic (exact) mass is 250 g/mol. The molecule has 0 aliphatic carbocycles. The molecular formula is C16H26O2. The maximum atomic E-state index is 11.6. The van der Waals surface area contributed by atoms with Crippen LogP contribution in [0.15, 0.2) is 24.3 Å². The number of carbonyl (C=O) groups excluding carboxylic acids is 1. The Balaban J connectivity index is 0.00000137. The summed E-state index contributed by atoms with van der Waals surface area (Å²) in [6.45, 7) is 9.88. The number of hydrogen-bond donors (Lipinski definition) is 0. The molecule has 0 aromatic heterocycles. The van der Waals surface area contributed by atoms with E-state index >= 15 is 0 Å². The van der Waals surface area contributed by atoms with E-state index in [1.54, 1.807) is 0 Å². The lowest BCUT2D eigenvalue weighted by Gasteiger charge is -2.08. The van der Waals surface area contributed by atoms with Crippen molar-refractivity contribution in [1.29, 1.82) is 0 Å². The van der Waals surface area contributed by atoms with Gasteiger partial charge in [-0.05, 0) is 44.4 Å². The fourth-order valence-electron chi connectivity index (χ4n) is 1.47. The van der Waals surface area contributed by atoms with Crippen molar-refractivity contribution in [3.8, 4) is 0 Å². The van der Waals surface area contributed by atoms with Crippen molar-refractivity contribution in [1.82, 2.24) is 0 Å². The van der Waals surface area contributed by atoms with Crippen LogP contribution in [0.5, 0.6) is 0 Å². The largest absolute Gasteiger partial charge is 0.459 e. The van der Waals surface area contributed by atoms with Crippen LogP contribution in [0.3, 0.4) is 0 Å². The number of carbonyl (C=O) groups is 1. The van der Waals surface area contributed by atoms with Gasteiger partial charge in [-0.1, -0.05) is 39.3 Å². The van der Waals surface area contributed by atoms with Gasteiger partial charge >= 0.3 is 5.97 Å². The predicted octanol–water partition coefficient (Wildman–Crippen LogP) is 4.62. The third kappa shape index (κ3) is 6.43. The number of unbranched alkanes of at least 4 members (excludes halogenated alkanes) is 1. The van der Waals surface area contributed by atoms with Crippen LogP contribution in [0, 0.1) is 0 Å². The number of hydrogen-bond acceptors (Lipinski definition) is 2. The van der Waals surface area contributed by atoms with Gasteiger partial charge in [-0.15, -0.1) is 0 Å². The van der Waals surface area contributed by atoms with Gasteiger partial charge in [0.1, 0.15) is 0 Å². The molecule has 1 rings (SSSR count). The number of esters is 1. The minimum atomic E-state index is -0.239. The quantitative estimate of drug-likeness (QED) is 0.713. The van der Waals surface area contributed by atoms with Crippen LogP contribution in [0.25, 0.3) is 0 Å². The van der Waals surface area contributed by atoms with E-state index in [-0.39, 0.29) is 12.1 Å². The van der Waals surface area contributed by atoms with Crippen LogP contribution in [-0.4, -0.2) is 12.1 Å². The molecule has 0 N–H and O–H groups in total. The minimum absolute atomic E-state index is 0.0627. The van der Waals surface area contributed by atoms with Gasteiger partial charge in [0.25, 0.3) is 0 Å². The van der Waals surface area contributed by atoms with E-state index < -0.39 is 0 Å². The Kier molecular flexibility index (Phi) is 8.99. The van der Waals surface area contributed by atoms with E-state index in [0.29, 0.717) is 5.56 Å². The molecule has 2 nitrogen and oxygen atoms in total. The first-order valence-corrected chi connectivity index (χ1v) is 6.93. The summed E-state index contributed by atoms with van der Waals surface area (Å²) in [6.07, 6.45) is 3.40. The summed E-state index contributed by atoms with van der Waals surface area (Å²) in [6, 6.07) is 7.70. The van der Waals surface area contributed by atoms with Crippen LogP contribution in [0.2, 0.25) is 0 Å². The van der Waals surface area contributed by atoms with Crippen molar-refractivity contribution in [3.05, 3.63) is 35.4 Å². The lowest BCUT2D eigenvalue weighted by molar-refractivity contribution is 0.0378. The molecule has 0 aliphatic rings. The standard InChI is InChI=1S/C14H20O2.C2H6/c1-4-5-6-12-7-9-13(10-8-12)14(15)16-11(2)3;1-2/h7-11H,4-6H2,1-3H3;1-2H3. The molecule has 0 bridgehead atoms. The summed E-state index contributed by atoms with van der Waals surface area (Å²) in [7, 11) is 0. The van der Waals surface area contributed by atoms with E-state index in [2.05, 4.69) is 6.92 Å². The van der Waals surface area contributed by atoms with E-state index in [0.717, 1.165) is 6.42 Å². The van der Waals surface area contributed by atoms with Gasteiger partial charge in [-0.25, -0.2) is 4.79 Å². The van der Waals surface area contributed by atoms with Gasteiger partial charge in [0.2, 0.25) is 0 Å². The zero-order valence-corrected chi connectivity index (χ0v) is 12.3. The molecule has 0 heterocycles. The highest BCUT2D eigenvalue weighted by molar-refractivity contribution is 5.89. The normalized spacial score (nSPS) is 9.67. The Bertz CT molecular complexity index is 325. The molecule has 102 valence electrons. The van der Waals surface area contributed by atoms with E-state index in [4.69, 9.17) is 4.74 Å². The molecule has 0 radical (unpaired) electrons.